The first-order chi connectivity index (χ1) is 11.8. The number of aryl methyl sites for hydroxylation is 2. The standard InChI is InChI=1S/C18H14BrCl2N3O/c1-10-16(11-3-5-13(19)6-4-11)17(24(2)23-10)22-18(25)12-7-14(20)9-15(21)8-12/h3-9H,1-2H3,(H,22,25). The Morgan fingerprint density at radius 3 is 2.32 bits per heavy atom. The molecule has 0 spiro atoms. The van der Waals surface area contributed by atoms with Gasteiger partial charge in [0.15, 0.2) is 0 Å². The Bertz CT molecular complexity index is 931. The van der Waals surface area contributed by atoms with Crippen LogP contribution in [0.3, 0.4) is 0 Å². The summed E-state index contributed by atoms with van der Waals surface area (Å²) >= 11 is 15.4. The van der Waals surface area contributed by atoms with Gasteiger partial charge in [-0.05, 0) is 42.8 Å². The number of halogens is 3. The molecule has 0 aliphatic carbocycles. The van der Waals surface area contributed by atoms with Crippen molar-refractivity contribution in [2.45, 2.75) is 6.92 Å². The summed E-state index contributed by atoms with van der Waals surface area (Å²) in [6, 6.07) is 12.6. The maximum Gasteiger partial charge on any atom is 0.256 e. The van der Waals surface area contributed by atoms with Crippen molar-refractivity contribution in [2.75, 3.05) is 5.32 Å². The number of carbonyl (C=O) groups is 1. The molecule has 0 bridgehead atoms. The molecule has 0 aliphatic rings. The van der Waals surface area contributed by atoms with Crippen LogP contribution in [0.25, 0.3) is 11.1 Å². The lowest BCUT2D eigenvalue weighted by Gasteiger charge is -2.10. The van der Waals surface area contributed by atoms with E-state index in [1.165, 1.54) is 0 Å². The molecule has 4 nitrogen and oxygen atoms in total. The van der Waals surface area contributed by atoms with Crippen molar-refractivity contribution in [2.24, 2.45) is 7.05 Å². The lowest BCUT2D eigenvalue weighted by atomic mass is 10.1. The number of anilines is 1. The van der Waals surface area contributed by atoms with Crippen molar-refractivity contribution in [3.8, 4) is 11.1 Å². The predicted molar refractivity (Wildman–Crippen MR) is 105 cm³/mol. The molecule has 0 fully saturated rings. The summed E-state index contributed by atoms with van der Waals surface area (Å²) in [4.78, 5) is 12.6. The Morgan fingerprint density at radius 1 is 1.12 bits per heavy atom. The average molecular weight is 439 g/mol. The Balaban J connectivity index is 2.00. The second kappa shape index (κ2) is 7.20. The molecule has 1 heterocycles. The first-order valence-electron chi connectivity index (χ1n) is 7.42. The minimum atomic E-state index is -0.300. The van der Waals surface area contributed by atoms with E-state index in [0.29, 0.717) is 21.4 Å². The van der Waals surface area contributed by atoms with Gasteiger partial charge in [-0.1, -0.05) is 51.3 Å². The van der Waals surface area contributed by atoms with E-state index in [1.807, 2.05) is 31.2 Å². The van der Waals surface area contributed by atoms with Crippen LogP contribution in [0.5, 0.6) is 0 Å². The van der Waals surface area contributed by atoms with Crippen LogP contribution in [0, 0.1) is 6.92 Å². The van der Waals surface area contributed by atoms with E-state index in [9.17, 15) is 4.79 Å². The van der Waals surface area contributed by atoms with Crippen molar-refractivity contribution in [3.63, 3.8) is 0 Å². The largest absolute Gasteiger partial charge is 0.306 e. The molecule has 1 N–H and O–H groups in total. The van der Waals surface area contributed by atoms with Crippen LogP contribution in [0.2, 0.25) is 10.0 Å². The molecular weight excluding hydrogens is 425 g/mol. The van der Waals surface area contributed by atoms with Gasteiger partial charge in [-0.15, -0.1) is 0 Å². The summed E-state index contributed by atoms with van der Waals surface area (Å²) in [7, 11) is 1.79. The number of aromatic nitrogens is 2. The number of amides is 1. The molecular formula is C18H14BrCl2N3O. The summed E-state index contributed by atoms with van der Waals surface area (Å²) in [6.45, 7) is 1.91. The van der Waals surface area contributed by atoms with Crippen LogP contribution in [-0.2, 0) is 7.05 Å². The Hall–Kier alpha value is -1.82. The Labute approximate surface area is 163 Å². The van der Waals surface area contributed by atoms with Gasteiger partial charge in [0.05, 0.1) is 5.69 Å². The van der Waals surface area contributed by atoms with Crippen LogP contribution in [0.15, 0.2) is 46.9 Å². The van der Waals surface area contributed by atoms with Crippen LogP contribution in [0.4, 0.5) is 5.82 Å². The number of nitrogens with zero attached hydrogens (tertiary/aromatic N) is 2. The molecule has 0 radical (unpaired) electrons. The minimum absolute atomic E-state index is 0.300. The van der Waals surface area contributed by atoms with Crippen LogP contribution < -0.4 is 5.32 Å². The number of hydrogen-bond acceptors (Lipinski definition) is 2. The van der Waals surface area contributed by atoms with E-state index < -0.39 is 0 Å². The van der Waals surface area contributed by atoms with Crippen molar-refractivity contribution in [1.29, 1.82) is 0 Å². The Morgan fingerprint density at radius 2 is 1.72 bits per heavy atom. The summed E-state index contributed by atoms with van der Waals surface area (Å²) in [5.74, 6) is 0.312. The quantitative estimate of drug-likeness (QED) is 0.568. The van der Waals surface area contributed by atoms with Gasteiger partial charge in [0.25, 0.3) is 5.91 Å². The molecule has 0 aliphatic heterocycles. The highest BCUT2D eigenvalue weighted by Gasteiger charge is 2.18. The third-order valence-electron chi connectivity index (χ3n) is 3.71. The number of benzene rings is 2. The van der Waals surface area contributed by atoms with E-state index in [2.05, 4.69) is 26.3 Å². The highest BCUT2D eigenvalue weighted by molar-refractivity contribution is 9.10. The monoisotopic (exact) mass is 437 g/mol. The fourth-order valence-electron chi connectivity index (χ4n) is 2.63. The van der Waals surface area contributed by atoms with Crippen LogP contribution >= 0.6 is 39.1 Å². The second-order valence-corrected chi connectivity index (χ2v) is 7.34. The average Bonchev–Trinajstić information content (AvgIpc) is 2.81. The molecule has 0 atom stereocenters. The second-order valence-electron chi connectivity index (χ2n) is 5.55. The van der Waals surface area contributed by atoms with Gasteiger partial charge in [-0.3, -0.25) is 9.48 Å². The molecule has 7 heteroatoms. The first kappa shape index (κ1) is 18.0. The predicted octanol–water partition coefficient (Wildman–Crippen LogP) is 5.72. The van der Waals surface area contributed by atoms with Gasteiger partial charge in [-0.25, -0.2) is 0 Å². The van der Waals surface area contributed by atoms with Crippen molar-refractivity contribution in [1.82, 2.24) is 9.78 Å². The van der Waals surface area contributed by atoms with E-state index in [1.54, 1.807) is 29.9 Å². The Kier molecular flexibility index (Phi) is 5.18. The SMILES string of the molecule is Cc1nn(C)c(NC(=O)c2cc(Cl)cc(Cl)c2)c1-c1ccc(Br)cc1. The highest BCUT2D eigenvalue weighted by atomic mass is 79.9. The molecule has 128 valence electrons. The maximum atomic E-state index is 12.6. The van der Waals surface area contributed by atoms with Crippen molar-refractivity contribution in [3.05, 3.63) is 68.2 Å². The van der Waals surface area contributed by atoms with Gasteiger partial charge < -0.3 is 5.32 Å². The van der Waals surface area contributed by atoms with E-state index >= 15 is 0 Å². The van der Waals surface area contributed by atoms with E-state index in [4.69, 9.17) is 23.2 Å². The zero-order valence-electron chi connectivity index (χ0n) is 13.5. The number of rotatable bonds is 3. The zero-order valence-corrected chi connectivity index (χ0v) is 16.6. The smallest absolute Gasteiger partial charge is 0.256 e. The molecule has 3 aromatic rings. The fraction of sp³-hybridized carbons (Fsp3) is 0.111. The summed E-state index contributed by atoms with van der Waals surface area (Å²) in [6.07, 6.45) is 0. The highest BCUT2D eigenvalue weighted by Crippen LogP contribution is 2.32. The number of hydrogen-bond donors (Lipinski definition) is 1. The third-order valence-corrected chi connectivity index (χ3v) is 4.68. The molecule has 0 unspecified atom stereocenters. The van der Waals surface area contributed by atoms with E-state index in [0.717, 1.165) is 21.3 Å². The summed E-state index contributed by atoms with van der Waals surface area (Å²) < 4.78 is 2.63. The van der Waals surface area contributed by atoms with Crippen molar-refractivity contribution >= 4 is 50.9 Å². The molecule has 0 saturated heterocycles. The minimum Gasteiger partial charge on any atom is -0.306 e. The molecule has 25 heavy (non-hydrogen) atoms. The molecule has 0 saturated carbocycles. The van der Waals surface area contributed by atoms with Gasteiger partial charge >= 0.3 is 0 Å². The normalized spacial score (nSPS) is 10.8. The summed E-state index contributed by atoms with van der Waals surface area (Å²) in [5, 5.41) is 8.16. The van der Waals surface area contributed by atoms with Crippen LogP contribution in [0.1, 0.15) is 16.1 Å². The maximum absolute atomic E-state index is 12.6. The van der Waals surface area contributed by atoms with Gasteiger partial charge in [0.2, 0.25) is 0 Å². The van der Waals surface area contributed by atoms with E-state index in [-0.39, 0.29) is 5.91 Å². The zero-order chi connectivity index (χ0) is 18.1. The molecule has 1 aromatic heterocycles. The lowest BCUT2D eigenvalue weighted by molar-refractivity contribution is 0.102. The topological polar surface area (TPSA) is 46.9 Å². The summed E-state index contributed by atoms with van der Waals surface area (Å²) in [5.41, 5.74) is 3.05. The van der Waals surface area contributed by atoms with Gasteiger partial charge in [0, 0.05) is 32.7 Å². The van der Waals surface area contributed by atoms with Gasteiger partial charge in [0.1, 0.15) is 5.82 Å². The van der Waals surface area contributed by atoms with Crippen LogP contribution in [-0.4, -0.2) is 15.7 Å². The fourth-order valence-corrected chi connectivity index (χ4v) is 3.42. The molecule has 2 aromatic carbocycles. The number of carbonyl (C=O) groups excluding carboxylic acids is 1. The van der Waals surface area contributed by atoms with Crippen molar-refractivity contribution < 1.29 is 4.79 Å². The first-order valence-corrected chi connectivity index (χ1v) is 8.97. The third kappa shape index (κ3) is 3.89. The lowest BCUT2D eigenvalue weighted by Crippen LogP contribution is -2.15. The number of nitrogens with one attached hydrogen (secondary N) is 1. The van der Waals surface area contributed by atoms with Gasteiger partial charge in [-0.2, -0.15) is 5.10 Å². The molecule has 3 rings (SSSR count). The molecule has 1 amide bonds.